The molecule has 1 N–H and O–H groups in total. The summed E-state index contributed by atoms with van der Waals surface area (Å²) in [7, 11) is 0. The SMILES string of the molecule is CC1CN(C(=O)[C@@](C)(O)C(F)(F)F)Cc2cnn(-c3ccc(F)cc3)c21. The minimum atomic E-state index is -5.06. The number of carbonyl (C=O) groups is 1. The molecule has 5 nitrogen and oxygen atoms in total. The lowest BCUT2D eigenvalue weighted by molar-refractivity contribution is -0.250. The highest BCUT2D eigenvalue weighted by molar-refractivity contribution is 5.85. The van der Waals surface area contributed by atoms with Gasteiger partial charge in [-0.05, 0) is 31.2 Å². The number of benzene rings is 1. The van der Waals surface area contributed by atoms with Crippen molar-refractivity contribution in [2.24, 2.45) is 0 Å². The van der Waals surface area contributed by atoms with E-state index in [1.54, 1.807) is 23.7 Å². The summed E-state index contributed by atoms with van der Waals surface area (Å²) < 4.78 is 53.5. The van der Waals surface area contributed by atoms with Crippen molar-refractivity contribution in [1.29, 1.82) is 0 Å². The molecule has 0 spiro atoms. The third-order valence-electron chi connectivity index (χ3n) is 4.54. The van der Waals surface area contributed by atoms with Gasteiger partial charge in [0.1, 0.15) is 5.82 Å². The van der Waals surface area contributed by atoms with Crippen molar-refractivity contribution in [1.82, 2.24) is 14.7 Å². The van der Waals surface area contributed by atoms with Gasteiger partial charge in [0.2, 0.25) is 5.60 Å². The van der Waals surface area contributed by atoms with Gasteiger partial charge in [-0.2, -0.15) is 18.3 Å². The number of hydrogen-bond donors (Lipinski definition) is 1. The number of carbonyl (C=O) groups excluding carboxylic acids is 1. The predicted octanol–water partition coefficient (Wildman–Crippen LogP) is 2.77. The van der Waals surface area contributed by atoms with Crippen molar-refractivity contribution >= 4 is 5.91 Å². The van der Waals surface area contributed by atoms with Gasteiger partial charge in [0.05, 0.1) is 17.6 Å². The van der Waals surface area contributed by atoms with Crippen molar-refractivity contribution in [3.63, 3.8) is 0 Å². The maximum absolute atomic E-state index is 13.1. The molecule has 0 saturated carbocycles. The number of amides is 1. The maximum Gasteiger partial charge on any atom is 0.426 e. The van der Waals surface area contributed by atoms with E-state index in [0.29, 0.717) is 18.2 Å². The highest BCUT2D eigenvalue weighted by atomic mass is 19.4. The third kappa shape index (κ3) is 2.96. The molecule has 1 unspecified atom stereocenters. The molecule has 2 atom stereocenters. The van der Waals surface area contributed by atoms with E-state index in [4.69, 9.17) is 0 Å². The molecule has 140 valence electrons. The predicted molar refractivity (Wildman–Crippen MR) is 84.0 cm³/mol. The van der Waals surface area contributed by atoms with Crippen LogP contribution in [0.3, 0.4) is 0 Å². The smallest absolute Gasteiger partial charge is 0.373 e. The van der Waals surface area contributed by atoms with Crippen LogP contribution in [-0.2, 0) is 11.3 Å². The number of fused-ring (bicyclic) bond motifs is 1. The largest absolute Gasteiger partial charge is 0.426 e. The first-order chi connectivity index (χ1) is 12.0. The fourth-order valence-corrected chi connectivity index (χ4v) is 3.10. The minimum absolute atomic E-state index is 0.00491. The molecular formula is C17H17F4N3O2. The molecule has 0 bridgehead atoms. The fourth-order valence-electron chi connectivity index (χ4n) is 3.10. The van der Waals surface area contributed by atoms with Gasteiger partial charge in [-0.15, -0.1) is 0 Å². The zero-order valence-electron chi connectivity index (χ0n) is 14.1. The van der Waals surface area contributed by atoms with Crippen LogP contribution in [-0.4, -0.2) is 44.0 Å². The van der Waals surface area contributed by atoms with Crippen LogP contribution in [0, 0.1) is 5.82 Å². The number of halogens is 4. The summed E-state index contributed by atoms with van der Waals surface area (Å²) in [4.78, 5) is 13.2. The van der Waals surface area contributed by atoms with Crippen LogP contribution in [0.25, 0.3) is 5.69 Å². The average Bonchev–Trinajstić information content (AvgIpc) is 2.98. The molecule has 0 fully saturated rings. The first kappa shape index (κ1) is 18.4. The van der Waals surface area contributed by atoms with Gasteiger partial charge in [0, 0.05) is 24.6 Å². The van der Waals surface area contributed by atoms with Gasteiger partial charge in [0.15, 0.2) is 0 Å². The van der Waals surface area contributed by atoms with Crippen LogP contribution >= 0.6 is 0 Å². The van der Waals surface area contributed by atoms with Crippen LogP contribution in [0.4, 0.5) is 17.6 Å². The zero-order valence-corrected chi connectivity index (χ0v) is 14.1. The number of rotatable bonds is 2. The van der Waals surface area contributed by atoms with Gasteiger partial charge < -0.3 is 10.0 Å². The second-order valence-corrected chi connectivity index (χ2v) is 6.60. The molecule has 26 heavy (non-hydrogen) atoms. The highest BCUT2D eigenvalue weighted by Crippen LogP contribution is 2.35. The van der Waals surface area contributed by atoms with Crippen molar-refractivity contribution in [3.8, 4) is 5.69 Å². The molecule has 1 aliphatic rings. The summed E-state index contributed by atoms with van der Waals surface area (Å²) in [5, 5.41) is 13.9. The number of nitrogens with zero attached hydrogens (tertiary/aromatic N) is 3. The molecule has 1 aromatic heterocycles. The van der Waals surface area contributed by atoms with Gasteiger partial charge in [-0.3, -0.25) is 4.79 Å². The Balaban J connectivity index is 1.91. The van der Waals surface area contributed by atoms with Gasteiger partial charge in [0.25, 0.3) is 5.91 Å². The number of alkyl halides is 3. The van der Waals surface area contributed by atoms with E-state index < -0.39 is 23.5 Å². The Morgan fingerprint density at radius 3 is 2.46 bits per heavy atom. The van der Waals surface area contributed by atoms with E-state index in [0.717, 1.165) is 10.6 Å². The molecule has 1 aliphatic heterocycles. The molecule has 2 heterocycles. The Morgan fingerprint density at radius 2 is 1.88 bits per heavy atom. The molecule has 0 saturated heterocycles. The standard InChI is InChI=1S/C17H17F4N3O2/c1-10-8-23(15(25)16(2,26)17(19,20)21)9-11-7-22-24(14(10)11)13-5-3-12(18)4-6-13/h3-7,10,26H,8-9H2,1-2H3/t10?,16-/m1/s1. The van der Waals surface area contributed by atoms with Crippen LogP contribution in [0.15, 0.2) is 30.5 Å². The topological polar surface area (TPSA) is 58.4 Å². The molecule has 1 aromatic carbocycles. The molecule has 2 aromatic rings. The van der Waals surface area contributed by atoms with E-state index >= 15 is 0 Å². The van der Waals surface area contributed by atoms with E-state index in [1.807, 2.05) is 0 Å². The van der Waals surface area contributed by atoms with Crippen molar-refractivity contribution in [3.05, 3.63) is 47.5 Å². The number of hydrogen-bond acceptors (Lipinski definition) is 3. The summed E-state index contributed by atoms with van der Waals surface area (Å²) in [6, 6.07) is 5.66. The Kier molecular flexibility index (Phi) is 4.30. The summed E-state index contributed by atoms with van der Waals surface area (Å²) in [5.41, 5.74) is -1.51. The summed E-state index contributed by atoms with van der Waals surface area (Å²) >= 11 is 0. The van der Waals surface area contributed by atoms with E-state index in [2.05, 4.69) is 5.10 Å². The monoisotopic (exact) mass is 371 g/mol. The van der Waals surface area contributed by atoms with Gasteiger partial charge in [-0.1, -0.05) is 6.92 Å². The molecular weight excluding hydrogens is 354 g/mol. The summed E-state index contributed by atoms with van der Waals surface area (Å²) in [6.07, 6.45) is -3.59. The Morgan fingerprint density at radius 1 is 1.27 bits per heavy atom. The van der Waals surface area contributed by atoms with E-state index in [1.165, 1.54) is 18.3 Å². The molecule has 0 radical (unpaired) electrons. The van der Waals surface area contributed by atoms with Crippen LogP contribution in [0.1, 0.15) is 31.0 Å². The third-order valence-corrected chi connectivity index (χ3v) is 4.54. The lowest BCUT2D eigenvalue weighted by Crippen LogP contribution is -2.57. The molecule has 0 aliphatic carbocycles. The molecule has 9 heteroatoms. The van der Waals surface area contributed by atoms with Crippen LogP contribution in [0.5, 0.6) is 0 Å². The van der Waals surface area contributed by atoms with Crippen molar-refractivity contribution in [2.45, 2.75) is 38.1 Å². The lowest BCUT2D eigenvalue weighted by atomic mass is 9.95. The van der Waals surface area contributed by atoms with Gasteiger partial charge >= 0.3 is 6.18 Å². The zero-order chi connectivity index (χ0) is 19.3. The van der Waals surface area contributed by atoms with Gasteiger partial charge in [-0.25, -0.2) is 9.07 Å². The van der Waals surface area contributed by atoms with E-state index in [-0.39, 0.29) is 19.0 Å². The molecule has 3 rings (SSSR count). The maximum atomic E-state index is 13.1. The van der Waals surface area contributed by atoms with Crippen LogP contribution in [0.2, 0.25) is 0 Å². The van der Waals surface area contributed by atoms with Crippen LogP contribution < -0.4 is 0 Å². The first-order valence-corrected chi connectivity index (χ1v) is 7.93. The van der Waals surface area contributed by atoms with Crippen molar-refractivity contribution < 1.29 is 27.5 Å². The average molecular weight is 371 g/mol. The Labute approximate surface area is 146 Å². The second-order valence-electron chi connectivity index (χ2n) is 6.60. The first-order valence-electron chi connectivity index (χ1n) is 7.93. The normalized spacial score (nSPS) is 19.8. The quantitative estimate of drug-likeness (QED) is 0.826. The minimum Gasteiger partial charge on any atom is -0.373 e. The number of aliphatic hydroxyl groups is 1. The number of aromatic nitrogens is 2. The second kappa shape index (κ2) is 6.08. The van der Waals surface area contributed by atoms with Crippen molar-refractivity contribution in [2.75, 3.05) is 6.54 Å². The summed E-state index contributed by atoms with van der Waals surface area (Å²) in [6.45, 7) is 2.12. The summed E-state index contributed by atoms with van der Waals surface area (Å²) in [5.74, 6) is -2.11. The Bertz CT molecular complexity index is 828. The lowest BCUT2D eigenvalue weighted by Gasteiger charge is -2.36. The van der Waals surface area contributed by atoms with E-state index in [9.17, 15) is 27.5 Å². The Hall–Kier alpha value is -2.42. The fraction of sp³-hybridized carbons (Fsp3) is 0.412. The molecule has 1 amide bonds. The highest BCUT2D eigenvalue weighted by Gasteiger charge is 2.57.